The minimum atomic E-state index is -0.122. The van der Waals surface area contributed by atoms with Gasteiger partial charge in [-0.25, -0.2) is 4.98 Å². The quantitative estimate of drug-likeness (QED) is 0.647. The molecule has 0 spiro atoms. The SMILES string of the molecule is CNC(=O)c1cnc2[nH]ccc2c1NC1CCN(Cc2ccncc2)CC1. The monoisotopic (exact) mass is 364 g/mol. The highest BCUT2D eigenvalue weighted by atomic mass is 16.1. The van der Waals surface area contributed by atoms with Gasteiger partial charge < -0.3 is 15.6 Å². The molecule has 1 aliphatic heterocycles. The molecule has 1 fully saturated rings. The summed E-state index contributed by atoms with van der Waals surface area (Å²) >= 11 is 0. The molecule has 3 aromatic heterocycles. The first kappa shape index (κ1) is 17.5. The summed E-state index contributed by atoms with van der Waals surface area (Å²) in [6.07, 6.45) is 9.25. The van der Waals surface area contributed by atoms with Crippen molar-refractivity contribution in [2.75, 3.05) is 25.5 Å². The van der Waals surface area contributed by atoms with Crippen LogP contribution >= 0.6 is 0 Å². The van der Waals surface area contributed by atoms with Gasteiger partial charge in [-0.3, -0.25) is 14.7 Å². The Labute approximate surface area is 158 Å². The van der Waals surface area contributed by atoms with E-state index < -0.39 is 0 Å². The molecule has 0 aromatic carbocycles. The number of amides is 1. The van der Waals surface area contributed by atoms with Gasteiger partial charge in [0.2, 0.25) is 0 Å². The highest BCUT2D eigenvalue weighted by molar-refractivity contribution is 6.06. The summed E-state index contributed by atoms with van der Waals surface area (Å²) in [7, 11) is 1.64. The smallest absolute Gasteiger partial charge is 0.254 e. The summed E-state index contributed by atoms with van der Waals surface area (Å²) in [6, 6.07) is 6.44. The highest BCUT2D eigenvalue weighted by Crippen LogP contribution is 2.28. The normalized spacial score (nSPS) is 15.7. The van der Waals surface area contributed by atoms with Gasteiger partial charge in [0.05, 0.1) is 11.3 Å². The van der Waals surface area contributed by atoms with Crippen molar-refractivity contribution in [3.05, 3.63) is 54.1 Å². The lowest BCUT2D eigenvalue weighted by Crippen LogP contribution is -2.39. The zero-order valence-corrected chi connectivity index (χ0v) is 15.4. The fourth-order valence-electron chi connectivity index (χ4n) is 3.66. The minimum Gasteiger partial charge on any atom is -0.381 e. The molecule has 3 aromatic rings. The van der Waals surface area contributed by atoms with Crippen LogP contribution in [0, 0.1) is 0 Å². The Morgan fingerprint density at radius 2 is 2.04 bits per heavy atom. The molecule has 0 unspecified atom stereocenters. The molecule has 4 heterocycles. The van der Waals surface area contributed by atoms with Gasteiger partial charge in [-0.05, 0) is 36.6 Å². The Bertz CT molecular complexity index is 915. The molecular formula is C20H24N6O. The van der Waals surface area contributed by atoms with Crippen molar-refractivity contribution >= 4 is 22.6 Å². The van der Waals surface area contributed by atoms with Crippen molar-refractivity contribution in [3.63, 3.8) is 0 Å². The maximum Gasteiger partial charge on any atom is 0.254 e. The molecule has 7 nitrogen and oxygen atoms in total. The number of pyridine rings is 2. The number of H-pyrrole nitrogens is 1. The van der Waals surface area contributed by atoms with E-state index in [-0.39, 0.29) is 5.91 Å². The van der Waals surface area contributed by atoms with Crippen molar-refractivity contribution in [3.8, 4) is 0 Å². The molecule has 27 heavy (non-hydrogen) atoms. The van der Waals surface area contributed by atoms with Gasteiger partial charge in [0.1, 0.15) is 5.65 Å². The van der Waals surface area contributed by atoms with Crippen LogP contribution in [0.5, 0.6) is 0 Å². The van der Waals surface area contributed by atoms with Gasteiger partial charge in [0.15, 0.2) is 0 Å². The maximum atomic E-state index is 12.3. The average molecular weight is 364 g/mol. The minimum absolute atomic E-state index is 0.122. The van der Waals surface area contributed by atoms with E-state index in [9.17, 15) is 4.79 Å². The number of piperidine rings is 1. The largest absolute Gasteiger partial charge is 0.381 e. The van der Waals surface area contributed by atoms with E-state index in [2.05, 4.69) is 42.6 Å². The third-order valence-electron chi connectivity index (χ3n) is 5.15. The number of fused-ring (bicyclic) bond motifs is 1. The number of likely N-dealkylation sites (tertiary alicyclic amines) is 1. The van der Waals surface area contributed by atoms with Crippen molar-refractivity contribution < 1.29 is 4.79 Å². The molecule has 1 saturated heterocycles. The van der Waals surface area contributed by atoms with Gasteiger partial charge in [0.25, 0.3) is 5.91 Å². The van der Waals surface area contributed by atoms with Crippen LogP contribution in [0.2, 0.25) is 0 Å². The Hall–Kier alpha value is -2.93. The number of aromatic nitrogens is 3. The molecule has 1 amide bonds. The molecule has 0 radical (unpaired) electrons. The third kappa shape index (κ3) is 3.78. The Morgan fingerprint density at radius 3 is 2.78 bits per heavy atom. The summed E-state index contributed by atoms with van der Waals surface area (Å²) in [5.74, 6) is -0.122. The van der Waals surface area contributed by atoms with E-state index in [1.807, 2.05) is 24.7 Å². The topological polar surface area (TPSA) is 85.9 Å². The summed E-state index contributed by atoms with van der Waals surface area (Å²) in [5.41, 5.74) is 3.54. The molecule has 3 N–H and O–H groups in total. The summed E-state index contributed by atoms with van der Waals surface area (Å²) in [5, 5.41) is 7.28. The average Bonchev–Trinajstić information content (AvgIpc) is 3.19. The van der Waals surface area contributed by atoms with Crippen LogP contribution in [0.1, 0.15) is 28.8 Å². The van der Waals surface area contributed by atoms with Crippen molar-refractivity contribution in [1.29, 1.82) is 0 Å². The number of carbonyl (C=O) groups excluding carboxylic acids is 1. The Morgan fingerprint density at radius 1 is 1.26 bits per heavy atom. The molecule has 140 valence electrons. The summed E-state index contributed by atoms with van der Waals surface area (Å²) in [4.78, 5) is 26.3. The Kier molecular flexibility index (Phi) is 5.02. The number of nitrogens with zero attached hydrogens (tertiary/aromatic N) is 3. The first-order chi connectivity index (χ1) is 13.2. The lowest BCUT2D eigenvalue weighted by molar-refractivity contribution is 0.0963. The van der Waals surface area contributed by atoms with Gasteiger partial charge in [-0.1, -0.05) is 0 Å². The first-order valence-corrected chi connectivity index (χ1v) is 9.30. The Balaban J connectivity index is 1.46. The van der Waals surface area contributed by atoms with E-state index in [4.69, 9.17) is 0 Å². The molecule has 0 bridgehead atoms. The van der Waals surface area contributed by atoms with Crippen LogP contribution in [0.3, 0.4) is 0 Å². The summed E-state index contributed by atoms with van der Waals surface area (Å²) in [6.45, 7) is 3.00. The number of rotatable bonds is 5. The zero-order valence-electron chi connectivity index (χ0n) is 15.4. The van der Waals surface area contributed by atoms with Crippen LogP contribution in [-0.2, 0) is 6.54 Å². The van der Waals surface area contributed by atoms with E-state index in [0.717, 1.165) is 49.2 Å². The predicted molar refractivity (Wildman–Crippen MR) is 106 cm³/mol. The second kappa shape index (κ2) is 7.75. The molecule has 1 aliphatic rings. The van der Waals surface area contributed by atoms with E-state index >= 15 is 0 Å². The molecule has 0 atom stereocenters. The lowest BCUT2D eigenvalue weighted by atomic mass is 10.0. The number of aromatic amines is 1. The lowest BCUT2D eigenvalue weighted by Gasteiger charge is -2.33. The van der Waals surface area contributed by atoms with Crippen molar-refractivity contribution in [2.45, 2.75) is 25.4 Å². The zero-order chi connectivity index (χ0) is 18.6. The van der Waals surface area contributed by atoms with Crippen LogP contribution < -0.4 is 10.6 Å². The van der Waals surface area contributed by atoms with Gasteiger partial charge in [-0.15, -0.1) is 0 Å². The molecule has 0 saturated carbocycles. The van der Waals surface area contributed by atoms with Gasteiger partial charge in [-0.2, -0.15) is 0 Å². The third-order valence-corrected chi connectivity index (χ3v) is 5.15. The van der Waals surface area contributed by atoms with Crippen LogP contribution in [-0.4, -0.2) is 51.9 Å². The van der Waals surface area contributed by atoms with Crippen molar-refractivity contribution in [2.24, 2.45) is 0 Å². The molecular weight excluding hydrogens is 340 g/mol. The standard InChI is InChI=1S/C20H24N6O/c1-21-20(27)17-12-24-19-16(4-9-23-19)18(17)25-15-5-10-26(11-6-15)13-14-2-7-22-8-3-14/h2-4,7-9,12,15H,5-6,10-11,13H2,1H3,(H,21,27)(H2,23,24,25). The van der Waals surface area contributed by atoms with Crippen LogP contribution in [0.15, 0.2) is 43.0 Å². The van der Waals surface area contributed by atoms with E-state index in [1.54, 1.807) is 13.2 Å². The van der Waals surface area contributed by atoms with Gasteiger partial charge in [0, 0.05) is 62.9 Å². The maximum absolute atomic E-state index is 12.3. The van der Waals surface area contributed by atoms with E-state index in [1.165, 1.54) is 5.56 Å². The van der Waals surface area contributed by atoms with Gasteiger partial charge >= 0.3 is 0 Å². The number of carbonyl (C=O) groups is 1. The molecule has 7 heteroatoms. The van der Waals surface area contributed by atoms with Crippen LogP contribution in [0.4, 0.5) is 5.69 Å². The number of hydrogen-bond donors (Lipinski definition) is 3. The van der Waals surface area contributed by atoms with Crippen molar-refractivity contribution in [1.82, 2.24) is 25.2 Å². The van der Waals surface area contributed by atoms with Crippen LogP contribution in [0.25, 0.3) is 11.0 Å². The second-order valence-electron chi connectivity index (χ2n) is 6.92. The molecule has 0 aliphatic carbocycles. The molecule has 4 rings (SSSR count). The fraction of sp³-hybridized carbons (Fsp3) is 0.350. The number of hydrogen-bond acceptors (Lipinski definition) is 5. The number of nitrogens with one attached hydrogen (secondary N) is 3. The van der Waals surface area contributed by atoms with E-state index in [0.29, 0.717) is 11.6 Å². The highest BCUT2D eigenvalue weighted by Gasteiger charge is 2.22. The predicted octanol–water partition coefficient (Wildman–Crippen LogP) is 2.39. The fourth-order valence-corrected chi connectivity index (χ4v) is 3.66. The summed E-state index contributed by atoms with van der Waals surface area (Å²) < 4.78 is 0. The first-order valence-electron chi connectivity index (χ1n) is 9.30. The number of anilines is 1. The second-order valence-corrected chi connectivity index (χ2v) is 6.92.